The minimum atomic E-state index is 0.0401. The van der Waals surface area contributed by atoms with Gasteiger partial charge in [0, 0.05) is 43.1 Å². The fraction of sp³-hybridized carbons (Fsp3) is 0.571. The predicted octanol–water partition coefficient (Wildman–Crippen LogP) is 4.16. The molecule has 1 aliphatic rings. The summed E-state index contributed by atoms with van der Waals surface area (Å²) in [6, 6.07) is 6.33. The molecule has 0 radical (unpaired) electrons. The maximum atomic E-state index is 12.3. The van der Waals surface area contributed by atoms with Crippen molar-refractivity contribution < 1.29 is 9.21 Å². The molecule has 2 aromatic rings. The van der Waals surface area contributed by atoms with E-state index in [-0.39, 0.29) is 5.91 Å². The summed E-state index contributed by atoms with van der Waals surface area (Å²) in [5, 5.41) is 4.83. The van der Waals surface area contributed by atoms with Gasteiger partial charge in [-0.15, -0.1) is 0 Å². The number of carbonyl (C=O) groups excluding carboxylic acids is 1. The van der Waals surface area contributed by atoms with Crippen molar-refractivity contribution in [3.63, 3.8) is 0 Å². The van der Waals surface area contributed by atoms with Crippen LogP contribution in [0.1, 0.15) is 60.7 Å². The molecule has 0 spiro atoms. The highest BCUT2D eigenvalue weighted by atomic mass is 16.3. The van der Waals surface area contributed by atoms with E-state index < -0.39 is 0 Å². The molecule has 25 heavy (non-hydrogen) atoms. The predicted molar refractivity (Wildman–Crippen MR) is 102 cm³/mol. The molecule has 1 aromatic carbocycles. The van der Waals surface area contributed by atoms with E-state index in [1.54, 1.807) is 19.0 Å². The van der Waals surface area contributed by atoms with E-state index in [1.807, 2.05) is 18.2 Å². The Labute approximate surface area is 150 Å². The molecule has 3 rings (SSSR count). The number of fused-ring (bicyclic) bond motifs is 3. The van der Waals surface area contributed by atoms with Crippen LogP contribution in [0.5, 0.6) is 0 Å². The van der Waals surface area contributed by atoms with Crippen LogP contribution in [0, 0.1) is 0 Å². The fourth-order valence-corrected chi connectivity index (χ4v) is 3.70. The maximum absolute atomic E-state index is 12.3. The molecule has 1 heterocycles. The highest BCUT2D eigenvalue weighted by Gasteiger charge is 2.24. The number of hydrogen-bond acceptors (Lipinski definition) is 3. The largest absolute Gasteiger partial charge is 0.461 e. The minimum absolute atomic E-state index is 0.0401. The van der Waals surface area contributed by atoms with Crippen LogP contribution in [0.2, 0.25) is 0 Å². The third-order valence-electron chi connectivity index (χ3n) is 5.16. The number of aryl methyl sites for hydroxylation is 1. The molecule has 1 atom stereocenters. The van der Waals surface area contributed by atoms with Crippen molar-refractivity contribution in [1.82, 2.24) is 10.2 Å². The molecule has 0 fully saturated rings. The van der Waals surface area contributed by atoms with E-state index in [4.69, 9.17) is 4.42 Å². The van der Waals surface area contributed by atoms with Gasteiger partial charge in [0.05, 0.1) is 0 Å². The molecule has 0 bridgehead atoms. The smallest absolute Gasteiger partial charge is 0.253 e. The fourth-order valence-electron chi connectivity index (χ4n) is 3.70. The quantitative estimate of drug-likeness (QED) is 0.769. The summed E-state index contributed by atoms with van der Waals surface area (Å²) < 4.78 is 6.04. The number of benzene rings is 1. The number of nitrogens with one attached hydrogen (secondary N) is 1. The molecule has 1 N–H and O–H groups in total. The Balaban J connectivity index is 1.72. The molecule has 1 unspecified atom stereocenters. The van der Waals surface area contributed by atoms with Gasteiger partial charge in [-0.3, -0.25) is 4.79 Å². The summed E-state index contributed by atoms with van der Waals surface area (Å²) >= 11 is 0. The molecule has 4 heteroatoms. The van der Waals surface area contributed by atoms with Gasteiger partial charge in [-0.25, -0.2) is 0 Å². The highest BCUT2D eigenvalue weighted by molar-refractivity contribution is 5.98. The van der Waals surface area contributed by atoms with Crippen molar-refractivity contribution in [2.45, 2.75) is 57.9 Å². The lowest BCUT2D eigenvalue weighted by atomic mass is 9.91. The Kier molecular flexibility index (Phi) is 5.79. The molecule has 136 valence electrons. The normalized spacial score (nSPS) is 16.8. The Bertz CT molecular complexity index is 733. The molecule has 1 aromatic heterocycles. The SMILES string of the molecule is CCCCCCNC1CCc2oc3ccc(C(=O)N(C)C)cc3c2C1. The second-order valence-corrected chi connectivity index (χ2v) is 7.37. The number of hydrogen-bond donors (Lipinski definition) is 1. The Morgan fingerprint density at radius 2 is 2.12 bits per heavy atom. The van der Waals surface area contributed by atoms with Crippen LogP contribution in [-0.4, -0.2) is 37.5 Å². The van der Waals surface area contributed by atoms with Crippen LogP contribution in [0.4, 0.5) is 0 Å². The Hall–Kier alpha value is -1.81. The number of nitrogens with zero attached hydrogens (tertiary/aromatic N) is 1. The van der Waals surface area contributed by atoms with Gasteiger partial charge in [0.15, 0.2) is 0 Å². The van der Waals surface area contributed by atoms with Gasteiger partial charge in [-0.2, -0.15) is 0 Å². The van der Waals surface area contributed by atoms with Gasteiger partial charge in [0.2, 0.25) is 0 Å². The zero-order valence-corrected chi connectivity index (χ0v) is 15.7. The van der Waals surface area contributed by atoms with Crippen molar-refractivity contribution in [2.24, 2.45) is 0 Å². The first-order valence-corrected chi connectivity index (χ1v) is 9.59. The summed E-state index contributed by atoms with van der Waals surface area (Å²) in [5.41, 5.74) is 2.93. The van der Waals surface area contributed by atoms with E-state index in [1.165, 1.54) is 31.2 Å². The number of rotatable bonds is 7. The first-order chi connectivity index (χ1) is 12.1. The summed E-state index contributed by atoms with van der Waals surface area (Å²) in [6.45, 7) is 3.34. The van der Waals surface area contributed by atoms with Crippen LogP contribution < -0.4 is 5.32 Å². The van der Waals surface area contributed by atoms with E-state index in [0.29, 0.717) is 6.04 Å². The summed E-state index contributed by atoms with van der Waals surface area (Å²) in [7, 11) is 3.58. The highest BCUT2D eigenvalue weighted by Crippen LogP contribution is 2.32. The molecule has 0 saturated heterocycles. The third kappa shape index (κ3) is 4.06. The van der Waals surface area contributed by atoms with Crippen molar-refractivity contribution in [2.75, 3.05) is 20.6 Å². The zero-order valence-electron chi connectivity index (χ0n) is 15.7. The minimum Gasteiger partial charge on any atom is -0.461 e. The lowest BCUT2D eigenvalue weighted by molar-refractivity contribution is 0.0828. The average molecular weight is 342 g/mol. The van der Waals surface area contributed by atoms with Crippen LogP contribution in [-0.2, 0) is 12.8 Å². The Morgan fingerprint density at radius 3 is 2.88 bits per heavy atom. The lowest BCUT2D eigenvalue weighted by Crippen LogP contribution is -2.34. The van der Waals surface area contributed by atoms with E-state index in [0.717, 1.165) is 48.1 Å². The van der Waals surface area contributed by atoms with Crippen molar-refractivity contribution in [3.05, 3.63) is 35.1 Å². The maximum Gasteiger partial charge on any atom is 0.253 e. The first kappa shape index (κ1) is 18.0. The molecular formula is C21H30N2O2. The van der Waals surface area contributed by atoms with Crippen molar-refractivity contribution in [3.8, 4) is 0 Å². The number of unbranched alkanes of at least 4 members (excludes halogenated alkanes) is 3. The second kappa shape index (κ2) is 8.05. The van der Waals surface area contributed by atoms with Crippen LogP contribution in [0.3, 0.4) is 0 Å². The summed E-state index contributed by atoms with van der Waals surface area (Å²) in [4.78, 5) is 13.9. The molecule has 1 aliphatic carbocycles. The topological polar surface area (TPSA) is 45.5 Å². The van der Waals surface area contributed by atoms with Gasteiger partial charge in [-0.1, -0.05) is 26.2 Å². The molecule has 1 amide bonds. The molecule has 0 aliphatic heterocycles. The standard InChI is InChI=1S/C21H30N2O2/c1-4-5-6-7-12-22-16-9-11-20-18(14-16)17-13-15(21(24)23(2)3)8-10-19(17)25-20/h8,10,13,16,22H,4-7,9,11-12,14H2,1-3H3. The Morgan fingerprint density at radius 1 is 1.28 bits per heavy atom. The number of carbonyl (C=O) groups is 1. The van der Waals surface area contributed by atoms with Gasteiger partial charge in [0.1, 0.15) is 11.3 Å². The number of furan rings is 1. The van der Waals surface area contributed by atoms with E-state index in [9.17, 15) is 4.79 Å². The molecule has 4 nitrogen and oxygen atoms in total. The van der Waals surface area contributed by atoms with Gasteiger partial charge < -0.3 is 14.6 Å². The molecule has 0 saturated carbocycles. The average Bonchev–Trinajstić information content (AvgIpc) is 2.98. The third-order valence-corrected chi connectivity index (χ3v) is 5.16. The van der Waals surface area contributed by atoms with Gasteiger partial charge in [-0.05, 0) is 44.0 Å². The van der Waals surface area contributed by atoms with Crippen molar-refractivity contribution >= 4 is 16.9 Å². The number of amides is 1. The lowest BCUT2D eigenvalue weighted by Gasteiger charge is -2.23. The zero-order chi connectivity index (χ0) is 17.8. The molecular weight excluding hydrogens is 312 g/mol. The summed E-state index contributed by atoms with van der Waals surface area (Å²) in [6.07, 6.45) is 8.28. The van der Waals surface area contributed by atoms with Crippen LogP contribution in [0.15, 0.2) is 22.6 Å². The van der Waals surface area contributed by atoms with E-state index >= 15 is 0 Å². The van der Waals surface area contributed by atoms with Gasteiger partial charge >= 0.3 is 0 Å². The van der Waals surface area contributed by atoms with E-state index in [2.05, 4.69) is 12.2 Å². The van der Waals surface area contributed by atoms with Crippen LogP contribution >= 0.6 is 0 Å². The summed E-state index contributed by atoms with van der Waals surface area (Å²) in [5.74, 6) is 1.15. The van der Waals surface area contributed by atoms with Crippen molar-refractivity contribution in [1.29, 1.82) is 0 Å². The second-order valence-electron chi connectivity index (χ2n) is 7.37. The van der Waals surface area contributed by atoms with Gasteiger partial charge in [0.25, 0.3) is 5.91 Å². The van der Waals surface area contributed by atoms with Crippen LogP contribution in [0.25, 0.3) is 11.0 Å². The first-order valence-electron chi connectivity index (χ1n) is 9.59. The monoisotopic (exact) mass is 342 g/mol.